The van der Waals surface area contributed by atoms with E-state index in [9.17, 15) is 23.3 Å². The molecule has 0 spiro atoms. The second kappa shape index (κ2) is 7.24. The highest BCUT2D eigenvalue weighted by atomic mass is 32.2. The van der Waals surface area contributed by atoms with Gasteiger partial charge in [-0.2, -0.15) is 4.31 Å². The van der Waals surface area contributed by atoms with E-state index in [4.69, 9.17) is 5.73 Å². The Morgan fingerprint density at radius 2 is 2.17 bits per heavy atom. The summed E-state index contributed by atoms with van der Waals surface area (Å²) in [6, 6.07) is 4.58. The van der Waals surface area contributed by atoms with Crippen molar-refractivity contribution in [2.75, 3.05) is 20.1 Å². The Bertz CT molecular complexity index is 732. The molecule has 1 atom stereocenters. The maximum absolute atomic E-state index is 12.4. The number of nitro groups is 1. The molecule has 0 bridgehead atoms. The molecular formula is C14H20N4O5S. The first-order valence-electron chi connectivity index (χ1n) is 7.45. The third-order valence-corrected chi connectivity index (χ3v) is 5.66. The minimum atomic E-state index is -4.00. The Labute approximate surface area is 140 Å². The van der Waals surface area contributed by atoms with Gasteiger partial charge in [0.2, 0.25) is 15.9 Å². The number of benzene rings is 1. The summed E-state index contributed by atoms with van der Waals surface area (Å²) in [5.74, 6) is -0.0424. The van der Waals surface area contributed by atoms with Crippen molar-refractivity contribution in [3.63, 3.8) is 0 Å². The molecule has 1 aromatic rings. The van der Waals surface area contributed by atoms with Gasteiger partial charge in [-0.1, -0.05) is 6.07 Å². The number of sulfonamides is 1. The van der Waals surface area contributed by atoms with Crippen molar-refractivity contribution < 1.29 is 18.1 Å². The summed E-state index contributed by atoms with van der Waals surface area (Å²) in [6.45, 7) is -0.0867. The van der Waals surface area contributed by atoms with Gasteiger partial charge in [0.25, 0.3) is 5.69 Å². The maximum Gasteiger partial charge on any atom is 0.270 e. The van der Waals surface area contributed by atoms with Crippen molar-refractivity contribution in [1.82, 2.24) is 9.62 Å². The van der Waals surface area contributed by atoms with E-state index in [-0.39, 0.29) is 23.2 Å². The lowest BCUT2D eigenvalue weighted by molar-refractivity contribution is -0.385. The number of hydrogen-bond acceptors (Lipinski definition) is 6. The molecule has 24 heavy (non-hydrogen) atoms. The third-order valence-electron chi connectivity index (χ3n) is 3.87. The lowest BCUT2D eigenvalue weighted by Gasteiger charge is -2.18. The normalized spacial score (nSPS) is 16.0. The lowest BCUT2D eigenvalue weighted by atomic mass is 10.2. The average molecular weight is 356 g/mol. The molecule has 0 radical (unpaired) electrons. The summed E-state index contributed by atoms with van der Waals surface area (Å²) in [7, 11) is -2.75. The SMILES string of the molecule is CN(CC(=O)NCC(N)C1CC1)S(=O)(=O)c1cccc([N+](=O)[O-])c1. The molecule has 3 N–H and O–H groups in total. The molecular weight excluding hydrogens is 336 g/mol. The van der Waals surface area contributed by atoms with Crippen molar-refractivity contribution in [3.05, 3.63) is 34.4 Å². The van der Waals surface area contributed by atoms with Crippen molar-refractivity contribution in [2.45, 2.75) is 23.8 Å². The van der Waals surface area contributed by atoms with Gasteiger partial charge in [0.15, 0.2) is 0 Å². The van der Waals surface area contributed by atoms with Crippen molar-refractivity contribution in [3.8, 4) is 0 Å². The molecule has 0 aliphatic heterocycles. The van der Waals surface area contributed by atoms with Crippen LogP contribution in [0.3, 0.4) is 0 Å². The van der Waals surface area contributed by atoms with Crippen LogP contribution in [0, 0.1) is 16.0 Å². The van der Waals surface area contributed by atoms with E-state index >= 15 is 0 Å². The molecule has 1 unspecified atom stereocenters. The van der Waals surface area contributed by atoms with E-state index in [1.54, 1.807) is 0 Å². The molecule has 1 fully saturated rings. The number of nitrogens with one attached hydrogen (secondary N) is 1. The Kier molecular flexibility index (Phi) is 5.52. The molecule has 1 aliphatic carbocycles. The number of rotatable bonds is 8. The van der Waals surface area contributed by atoms with E-state index in [2.05, 4.69) is 5.32 Å². The van der Waals surface area contributed by atoms with Crippen LogP contribution >= 0.6 is 0 Å². The average Bonchev–Trinajstić information content (AvgIpc) is 3.37. The predicted octanol–water partition coefficient (Wildman–Crippen LogP) is 0.0688. The van der Waals surface area contributed by atoms with Gasteiger partial charge in [0.1, 0.15) is 0 Å². The Balaban J connectivity index is 1.98. The molecule has 2 rings (SSSR count). The van der Waals surface area contributed by atoms with E-state index in [1.165, 1.54) is 25.2 Å². The number of nitrogens with two attached hydrogens (primary N) is 1. The van der Waals surface area contributed by atoms with Crippen LogP contribution in [0.1, 0.15) is 12.8 Å². The van der Waals surface area contributed by atoms with Gasteiger partial charge in [0.05, 0.1) is 16.4 Å². The largest absolute Gasteiger partial charge is 0.353 e. The summed E-state index contributed by atoms with van der Waals surface area (Å²) in [5.41, 5.74) is 5.54. The van der Waals surface area contributed by atoms with Gasteiger partial charge in [-0.05, 0) is 24.8 Å². The van der Waals surface area contributed by atoms with Gasteiger partial charge < -0.3 is 11.1 Å². The highest BCUT2D eigenvalue weighted by molar-refractivity contribution is 7.89. The van der Waals surface area contributed by atoms with Gasteiger partial charge >= 0.3 is 0 Å². The molecule has 0 saturated heterocycles. The third kappa shape index (κ3) is 4.49. The van der Waals surface area contributed by atoms with Crippen LogP contribution < -0.4 is 11.1 Å². The second-order valence-electron chi connectivity index (χ2n) is 5.82. The highest BCUT2D eigenvalue weighted by Gasteiger charge is 2.29. The van der Waals surface area contributed by atoms with Crippen LogP contribution in [-0.4, -0.2) is 49.7 Å². The second-order valence-corrected chi connectivity index (χ2v) is 7.87. The summed E-state index contributed by atoms with van der Waals surface area (Å²) in [5, 5.41) is 13.4. The number of hydrogen-bond donors (Lipinski definition) is 2. The van der Waals surface area contributed by atoms with Gasteiger partial charge in [0, 0.05) is 31.8 Å². The fourth-order valence-corrected chi connectivity index (χ4v) is 3.37. The number of nitro benzene ring substituents is 1. The first kappa shape index (κ1) is 18.3. The molecule has 0 aromatic heterocycles. The van der Waals surface area contributed by atoms with E-state index in [1.807, 2.05) is 0 Å². The zero-order chi connectivity index (χ0) is 17.9. The molecule has 132 valence electrons. The summed E-state index contributed by atoms with van der Waals surface area (Å²) in [6.07, 6.45) is 2.11. The minimum absolute atomic E-state index is 0.118. The van der Waals surface area contributed by atoms with Gasteiger partial charge in [-0.3, -0.25) is 14.9 Å². The number of nitrogens with zero attached hydrogens (tertiary/aromatic N) is 2. The molecule has 1 aliphatic rings. The topological polar surface area (TPSA) is 136 Å². The van der Waals surface area contributed by atoms with Crippen LogP contribution in [0.4, 0.5) is 5.69 Å². The fourth-order valence-electron chi connectivity index (χ4n) is 2.20. The molecule has 1 amide bonds. The summed E-state index contributed by atoms with van der Waals surface area (Å²) >= 11 is 0. The lowest BCUT2D eigenvalue weighted by Crippen LogP contribution is -2.43. The quantitative estimate of drug-likeness (QED) is 0.500. The first-order valence-corrected chi connectivity index (χ1v) is 8.89. The molecule has 1 saturated carbocycles. The minimum Gasteiger partial charge on any atom is -0.353 e. The fraction of sp³-hybridized carbons (Fsp3) is 0.500. The Morgan fingerprint density at radius 3 is 2.75 bits per heavy atom. The predicted molar refractivity (Wildman–Crippen MR) is 86.6 cm³/mol. The monoisotopic (exact) mass is 356 g/mol. The molecule has 0 heterocycles. The maximum atomic E-state index is 12.4. The summed E-state index contributed by atoms with van der Waals surface area (Å²) < 4.78 is 25.6. The van der Waals surface area contributed by atoms with E-state index in [0.29, 0.717) is 12.5 Å². The van der Waals surface area contributed by atoms with E-state index in [0.717, 1.165) is 23.2 Å². The van der Waals surface area contributed by atoms with Crippen molar-refractivity contribution in [2.24, 2.45) is 11.7 Å². The Hall–Kier alpha value is -2.04. The number of carbonyl (C=O) groups excluding carboxylic acids is 1. The molecule has 1 aromatic carbocycles. The van der Waals surface area contributed by atoms with Crippen LogP contribution in [-0.2, 0) is 14.8 Å². The zero-order valence-electron chi connectivity index (χ0n) is 13.2. The number of amides is 1. The van der Waals surface area contributed by atoms with Crippen LogP contribution in [0.2, 0.25) is 0 Å². The Morgan fingerprint density at radius 1 is 1.50 bits per heavy atom. The number of carbonyl (C=O) groups is 1. The van der Waals surface area contributed by atoms with Crippen LogP contribution in [0.5, 0.6) is 0 Å². The zero-order valence-corrected chi connectivity index (χ0v) is 14.0. The van der Waals surface area contributed by atoms with Gasteiger partial charge in [-0.25, -0.2) is 8.42 Å². The standard InChI is InChI=1S/C14H20N4O5S/c1-17(9-14(19)16-8-13(15)10-5-6-10)24(22,23)12-4-2-3-11(7-12)18(20)21/h2-4,7,10,13H,5-6,8-9,15H2,1H3,(H,16,19). The molecule has 10 heteroatoms. The van der Waals surface area contributed by atoms with Crippen molar-refractivity contribution in [1.29, 1.82) is 0 Å². The number of likely N-dealkylation sites (N-methyl/N-ethyl adjacent to an activating group) is 1. The van der Waals surface area contributed by atoms with E-state index < -0.39 is 20.9 Å². The first-order chi connectivity index (χ1) is 11.2. The van der Waals surface area contributed by atoms with Gasteiger partial charge in [-0.15, -0.1) is 0 Å². The molecule has 9 nitrogen and oxygen atoms in total. The number of non-ortho nitro benzene ring substituents is 1. The van der Waals surface area contributed by atoms with Crippen LogP contribution in [0.15, 0.2) is 29.2 Å². The van der Waals surface area contributed by atoms with Crippen LogP contribution in [0.25, 0.3) is 0 Å². The summed E-state index contributed by atoms with van der Waals surface area (Å²) in [4.78, 5) is 21.7. The van der Waals surface area contributed by atoms with Crippen molar-refractivity contribution >= 4 is 21.6 Å². The highest BCUT2D eigenvalue weighted by Crippen LogP contribution is 2.31. The smallest absolute Gasteiger partial charge is 0.270 e.